The van der Waals surface area contributed by atoms with Gasteiger partial charge in [-0.25, -0.2) is 0 Å². The first kappa shape index (κ1) is 13.0. The molecule has 3 unspecified atom stereocenters. The normalized spacial score (nSPS) is 30.2. The Bertz CT molecular complexity index is 184. The SMILES string of the molecule is CCC1CCCC(C(C)(C)CC(C)O)C1. The Morgan fingerprint density at radius 2 is 2.00 bits per heavy atom. The monoisotopic (exact) mass is 212 g/mol. The Balaban J connectivity index is 2.53. The lowest BCUT2D eigenvalue weighted by Gasteiger charge is -2.40. The molecule has 1 aliphatic rings. The molecule has 0 radical (unpaired) electrons. The summed E-state index contributed by atoms with van der Waals surface area (Å²) in [4.78, 5) is 0. The maximum absolute atomic E-state index is 9.54. The zero-order chi connectivity index (χ0) is 11.5. The van der Waals surface area contributed by atoms with Crippen molar-refractivity contribution in [2.45, 2.75) is 72.3 Å². The van der Waals surface area contributed by atoms with Gasteiger partial charge in [0.1, 0.15) is 0 Å². The van der Waals surface area contributed by atoms with Crippen molar-refractivity contribution in [2.75, 3.05) is 0 Å². The highest BCUT2D eigenvalue weighted by molar-refractivity contribution is 4.84. The van der Waals surface area contributed by atoms with Crippen LogP contribution in [0.1, 0.15) is 66.2 Å². The van der Waals surface area contributed by atoms with Gasteiger partial charge in [-0.1, -0.05) is 40.0 Å². The van der Waals surface area contributed by atoms with E-state index in [1.807, 2.05) is 6.92 Å². The Morgan fingerprint density at radius 3 is 2.53 bits per heavy atom. The Hall–Kier alpha value is -0.0400. The van der Waals surface area contributed by atoms with Crippen molar-refractivity contribution >= 4 is 0 Å². The molecule has 0 aromatic rings. The lowest BCUT2D eigenvalue weighted by atomic mass is 9.66. The summed E-state index contributed by atoms with van der Waals surface area (Å²) >= 11 is 0. The van der Waals surface area contributed by atoms with Gasteiger partial charge in [0.05, 0.1) is 6.10 Å². The molecule has 1 heteroatoms. The Labute approximate surface area is 95.3 Å². The summed E-state index contributed by atoms with van der Waals surface area (Å²) in [6.45, 7) is 8.90. The predicted octanol–water partition coefficient (Wildman–Crippen LogP) is 4.00. The van der Waals surface area contributed by atoms with E-state index in [9.17, 15) is 5.11 Å². The van der Waals surface area contributed by atoms with Crippen LogP contribution in [0, 0.1) is 17.3 Å². The predicted molar refractivity (Wildman–Crippen MR) is 65.8 cm³/mol. The number of hydrogen-bond acceptors (Lipinski definition) is 1. The second-order valence-corrected chi connectivity index (χ2v) is 6.18. The topological polar surface area (TPSA) is 20.2 Å². The third kappa shape index (κ3) is 3.79. The standard InChI is InChI=1S/C14H28O/c1-5-12-7-6-8-13(9-12)14(3,4)10-11(2)15/h11-13,15H,5-10H2,1-4H3. The summed E-state index contributed by atoms with van der Waals surface area (Å²) in [6.07, 6.45) is 7.72. The Morgan fingerprint density at radius 1 is 1.33 bits per heavy atom. The molecular weight excluding hydrogens is 184 g/mol. The summed E-state index contributed by atoms with van der Waals surface area (Å²) < 4.78 is 0. The second kappa shape index (κ2) is 5.34. The van der Waals surface area contributed by atoms with Gasteiger partial charge in [0.25, 0.3) is 0 Å². The second-order valence-electron chi connectivity index (χ2n) is 6.18. The highest BCUT2D eigenvalue weighted by Gasteiger charge is 2.33. The molecule has 3 atom stereocenters. The van der Waals surface area contributed by atoms with E-state index in [2.05, 4.69) is 20.8 Å². The molecule has 0 aromatic carbocycles. The van der Waals surface area contributed by atoms with Crippen molar-refractivity contribution < 1.29 is 5.11 Å². The molecule has 1 fully saturated rings. The molecule has 1 saturated carbocycles. The minimum atomic E-state index is -0.151. The third-order valence-corrected chi connectivity index (χ3v) is 4.29. The van der Waals surface area contributed by atoms with Crippen molar-refractivity contribution in [3.8, 4) is 0 Å². The summed E-state index contributed by atoms with van der Waals surface area (Å²) in [5.74, 6) is 1.77. The highest BCUT2D eigenvalue weighted by Crippen LogP contribution is 2.43. The molecule has 15 heavy (non-hydrogen) atoms. The largest absolute Gasteiger partial charge is 0.393 e. The van der Waals surface area contributed by atoms with E-state index in [1.54, 1.807) is 0 Å². The lowest BCUT2D eigenvalue weighted by molar-refractivity contribution is 0.0589. The first-order chi connectivity index (χ1) is 6.95. The molecule has 1 rings (SSSR count). The van der Waals surface area contributed by atoms with Crippen LogP contribution in [0.5, 0.6) is 0 Å². The summed E-state index contributed by atoms with van der Waals surface area (Å²) in [5.41, 5.74) is 0.321. The first-order valence-corrected chi connectivity index (χ1v) is 6.63. The van der Waals surface area contributed by atoms with Gasteiger partial charge in [0.2, 0.25) is 0 Å². The molecule has 0 amide bonds. The van der Waals surface area contributed by atoms with Crippen molar-refractivity contribution in [3.63, 3.8) is 0 Å². The van der Waals surface area contributed by atoms with E-state index in [1.165, 1.54) is 32.1 Å². The number of aliphatic hydroxyl groups is 1. The average Bonchev–Trinajstić information content (AvgIpc) is 2.16. The highest BCUT2D eigenvalue weighted by atomic mass is 16.3. The van der Waals surface area contributed by atoms with Gasteiger partial charge in [-0.05, 0) is 43.4 Å². The van der Waals surface area contributed by atoms with Crippen LogP contribution in [0.4, 0.5) is 0 Å². The van der Waals surface area contributed by atoms with Gasteiger partial charge in [-0.15, -0.1) is 0 Å². The van der Waals surface area contributed by atoms with Gasteiger partial charge in [-0.2, -0.15) is 0 Å². The molecule has 0 heterocycles. The summed E-state index contributed by atoms with van der Waals surface area (Å²) in [5, 5.41) is 9.54. The fourth-order valence-corrected chi connectivity index (χ4v) is 3.30. The van der Waals surface area contributed by atoms with E-state index >= 15 is 0 Å². The van der Waals surface area contributed by atoms with Crippen LogP contribution in [-0.4, -0.2) is 11.2 Å². The van der Waals surface area contributed by atoms with E-state index in [4.69, 9.17) is 0 Å². The Kier molecular flexibility index (Phi) is 4.64. The van der Waals surface area contributed by atoms with Crippen LogP contribution in [0.15, 0.2) is 0 Å². The van der Waals surface area contributed by atoms with E-state index < -0.39 is 0 Å². The molecule has 0 saturated heterocycles. The van der Waals surface area contributed by atoms with Gasteiger partial charge < -0.3 is 5.11 Å². The maximum atomic E-state index is 9.54. The van der Waals surface area contributed by atoms with Crippen LogP contribution >= 0.6 is 0 Å². The zero-order valence-electron chi connectivity index (χ0n) is 10.9. The molecule has 1 nitrogen and oxygen atoms in total. The fourth-order valence-electron chi connectivity index (χ4n) is 3.30. The number of aliphatic hydroxyl groups excluding tert-OH is 1. The third-order valence-electron chi connectivity index (χ3n) is 4.29. The van der Waals surface area contributed by atoms with E-state index in [-0.39, 0.29) is 6.10 Å². The quantitative estimate of drug-likeness (QED) is 0.747. The fraction of sp³-hybridized carbons (Fsp3) is 1.00. The van der Waals surface area contributed by atoms with Crippen molar-refractivity contribution in [1.82, 2.24) is 0 Å². The molecule has 0 spiro atoms. The molecule has 0 bridgehead atoms. The van der Waals surface area contributed by atoms with Gasteiger partial charge in [-0.3, -0.25) is 0 Å². The van der Waals surface area contributed by atoms with Crippen LogP contribution in [0.2, 0.25) is 0 Å². The van der Waals surface area contributed by atoms with Crippen LogP contribution in [0.3, 0.4) is 0 Å². The van der Waals surface area contributed by atoms with Crippen LogP contribution in [-0.2, 0) is 0 Å². The van der Waals surface area contributed by atoms with Crippen LogP contribution < -0.4 is 0 Å². The molecule has 1 aliphatic carbocycles. The molecule has 0 aromatic heterocycles. The van der Waals surface area contributed by atoms with E-state index in [0.717, 1.165) is 18.3 Å². The summed E-state index contributed by atoms with van der Waals surface area (Å²) in [6, 6.07) is 0. The minimum absolute atomic E-state index is 0.151. The van der Waals surface area contributed by atoms with Crippen molar-refractivity contribution in [3.05, 3.63) is 0 Å². The summed E-state index contributed by atoms with van der Waals surface area (Å²) in [7, 11) is 0. The number of rotatable bonds is 4. The smallest absolute Gasteiger partial charge is 0.0517 e. The van der Waals surface area contributed by atoms with Gasteiger partial charge in [0, 0.05) is 0 Å². The minimum Gasteiger partial charge on any atom is -0.393 e. The average molecular weight is 212 g/mol. The van der Waals surface area contributed by atoms with Gasteiger partial charge >= 0.3 is 0 Å². The van der Waals surface area contributed by atoms with Crippen molar-refractivity contribution in [2.24, 2.45) is 17.3 Å². The van der Waals surface area contributed by atoms with Crippen molar-refractivity contribution in [1.29, 1.82) is 0 Å². The lowest BCUT2D eigenvalue weighted by Crippen LogP contribution is -2.31. The molecule has 0 aliphatic heterocycles. The number of hydrogen-bond donors (Lipinski definition) is 1. The molecule has 90 valence electrons. The maximum Gasteiger partial charge on any atom is 0.0517 e. The van der Waals surface area contributed by atoms with E-state index in [0.29, 0.717) is 5.41 Å². The first-order valence-electron chi connectivity index (χ1n) is 6.63. The molecular formula is C14H28O. The zero-order valence-corrected chi connectivity index (χ0v) is 10.9. The van der Waals surface area contributed by atoms with Gasteiger partial charge in [0.15, 0.2) is 0 Å². The molecule has 1 N–H and O–H groups in total. The van der Waals surface area contributed by atoms with Crippen LogP contribution in [0.25, 0.3) is 0 Å².